The smallest absolute Gasteiger partial charge is 0.337 e. The first-order valence-electron chi connectivity index (χ1n) is 8.62. The number of esters is 1. The third-order valence-electron chi connectivity index (χ3n) is 4.27. The van der Waals surface area contributed by atoms with Gasteiger partial charge in [0.15, 0.2) is 0 Å². The minimum Gasteiger partial charge on any atom is -0.465 e. The van der Waals surface area contributed by atoms with Crippen LogP contribution in [-0.4, -0.2) is 23.0 Å². The normalized spacial score (nSPS) is 11.6. The van der Waals surface area contributed by atoms with Gasteiger partial charge >= 0.3 is 5.97 Å². The summed E-state index contributed by atoms with van der Waals surface area (Å²) in [7, 11) is 1.32. The van der Waals surface area contributed by atoms with Crippen LogP contribution >= 0.6 is 11.8 Å². The number of nitrogens with one attached hydrogen (secondary N) is 1. The number of H-pyrrole nitrogens is 1. The molecule has 3 aromatic rings. The third kappa shape index (κ3) is 4.39. The Bertz CT molecular complexity index is 1030. The SMILES string of the molecule is COC(=O)c1ccc2c(=O)[nH]c(CSc3ccc(C(C)(C)C)cc3)nc2c1. The number of hydrogen-bond donors (Lipinski definition) is 1. The molecule has 1 aromatic heterocycles. The molecule has 3 rings (SSSR count). The number of carbonyl (C=O) groups is 1. The summed E-state index contributed by atoms with van der Waals surface area (Å²) in [6.45, 7) is 6.55. The van der Waals surface area contributed by atoms with Gasteiger partial charge in [0.1, 0.15) is 5.82 Å². The first-order valence-corrected chi connectivity index (χ1v) is 9.61. The second kappa shape index (κ2) is 7.56. The van der Waals surface area contributed by atoms with Crippen LogP contribution in [0.3, 0.4) is 0 Å². The van der Waals surface area contributed by atoms with E-state index in [1.165, 1.54) is 12.7 Å². The molecule has 0 unspecified atom stereocenters. The van der Waals surface area contributed by atoms with Crippen LogP contribution < -0.4 is 5.56 Å². The lowest BCUT2D eigenvalue weighted by Gasteiger charge is -2.19. The lowest BCUT2D eigenvalue weighted by atomic mass is 9.87. The monoisotopic (exact) mass is 382 g/mol. The van der Waals surface area contributed by atoms with Crippen molar-refractivity contribution >= 4 is 28.6 Å². The van der Waals surface area contributed by atoms with E-state index in [1.807, 2.05) is 0 Å². The molecular weight excluding hydrogens is 360 g/mol. The lowest BCUT2D eigenvalue weighted by molar-refractivity contribution is 0.0601. The summed E-state index contributed by atoms with van der Waals surface area (Å²) in [4.78, 5) is 32.4. The van der Waals surface area contributed by atoms with E-state index in [0.29, 0.717) is 28.0 Å². The fraction of sp³-hybridized carbons (Fsp3) is 0.286. The molecule has 0 saturated heterocycles. The molecule has 140 valence electrons. The fourth-order valence-electron chi connectivity index (χ4n) is 2.70. The van der Waals surface area contributed by atoms with E-state index in [4.69, 9.17) is 4.74 Å². The van der Waals surface area contributed by atoms with Gasteiger partial charge in [-0.3, -0.25) is 4.79 Å². The summed E-state index contributed by atoms with van der Waals surface area (Å²) in [5.41, 5.74) is 2.04. The predicted octanol–water partition coefficient (Wildman–Crippen LogP) is 4.30. The summed E-state index contributed by atoms with van der Waals surface area (Å²) >= 11 is 1.60. The van der Waals surface area contributed by atoms with Gasteiger partial charge in [0.05, 0.1) is 29.3 Å². The average molecular weight is 382 g/mol. The molecule has 0 radical (unpaired) electrons. The average Bonchev–Trinajstić information content (AvgIpc) is 2.65. The van der Waals surface area contributed by atoms with Gasteiger partial charge in [0.25, 0.3) is 5.56 Å². The molecule has 5 nitrogen and oxygen atoms in total. The summed E-state index contributed by atoms with van der Waals surface area (Å²) in [6.07, 6.45) is 0. The Balaban J connectivity index is 1.82. The highest BCUT2D eigenvalue weighted by Gasteiger charge is 2.13. The Hall–Kier alpha value is -2.60. The number of aromatic nitrogens is 2. The van der Waals surface area contributed by atoms with E-state index in [-0.39, 0.29) is 11.0 Å². The van der Waals surface area contributed by atoms with Crippen LogP contribution in [0.2, 0.25) is 0 Å². The largest absolute Gasteiger partial charge is 0.465 e. The van der Waals surface area contributed by atoms with Crippen molar-refractivity contribution in [1.29, 1.82) is 0 Å². The Morgan fingerprint density at radius 2 is 1.85 bits per heavy atom. The maximum absolute atomic E-state index is 12.3. The van der Waals surface area contributed by atoms with Crippen molar-refractivity contribution < 1.29 is 9.53 Å². The molecule has 0 bridgehead atoms. The number of ether oxygens (including phenoxy) is 1. The van der Waals surface area contributed by atoms with Gasteiger partial charge in [-0.2, -0.15) is 0 Å². The Morgan fingerprint density at radius 1 is 1.15 bits per heavy atom. The molecule has 0 atom stereocenters. The summed E-state index contributed by atoms with van der Waals surface area (Å²) < 4.78 is 4.73. The lowest BCUT2D eigenvalue weighted by Crippen LogP contribution is -2.12. The second-order valence-electron chi connectivity index (χ2n) is 7.30. The Labute approximate surface area is 162 Å². The molecule has 2 aromatic carbocycles. The van der Waals surface area contributed by atoms with Crippen molar-refractivity contribution in [2.75, 3.05) is 7.11 Å². The molecule has 0 amide bonds. The van der Waals surface area contributed by atoms with Crippen molar-refractivity contribution in [1.82, 2.24) is 9.97 Å². The van der Waals surface area contributed by atoms with Gasteiger partial charge < -0.3 is 9.72 Å². The first kappa shape index (κ1) is 19.2. The molecule has 0 aliphatic carbocycles. The van der Waals surface area contributed by atoms with Gasteiger partial charge in [-0.15, -0.1) is 11.8 Å². The first-order chi connectivity index (χ1) is 12.8. The predicted molar refractivity (Wildman–Crippen MR) is 108 cm³/mol. The van der Waals surface area contributed by atoms with Crippen LogP contribution in [0.15, 0.2) is 52.2 Å². The van der Waals surface area contributed by atoms with Crippen molar-refractivity contribution in [3.05, 3.63) is 69.8 Å². The van der Waals surface area contributed by atoms with Crippen LogP contribution in [0, 0.1) is 0 Å². The Morgan fingerprint density at radius 3 is 2.48 bits per heavy atom. The topological polar surface area (TPSA) is 72.1 Å². The Kier molecular flexibility index (Phi) is 5.37. The van der Waals surface area contributed by atoms with E-state index in [9.17, 15) is 9.59 Å². The van der Waals surface area contributed by atoms with Crippen molar-refractivity contribution in [2.24, 2.45) is 0 Å². The summed E-state index contributed by atoms with van der Waals surface area (Å²) in [5.74, 6) is 0.649. The number of fused-ring (bicyclic) bond motifs is 1. The van der Waals surface area contributed by atoms with Gasteiger partial charge in [0.2, 0.25) is 0 Å². The van der Waals surface area contributed by atoms with Crippen molar-refractivity contribution in [2.45, 2.75) is 36.8 Å². The van der Waals surface area contributed by atoms with Crippen LogP contribution in [-0.2, 0) is 15.9 Å². The van der Waals surface area contributed by atoms with Crippen LogP contribution in [0.5, 0.6) is 0 Å². The highest BCUT2D eigenvalue weighted by molar-refractivity contribution is 7.98. The van der Waals surface area contributed by atoms with E-state index in [1.54, 1.807) is 30.0 Å². The molecular formula is C21H22N2O3S. The van der Waals surface area contributed by atoms with Crippen molar-refractivity contribution in [3.8, 4) is 0 Å². The van der Waals surface area contributed by atoms with Gasteiger partial charge in [-0.1, -0.05) is 32.9 Å². The quantitative estimate of drug-likeness (QED) is 0.538. The maximum Gasteiger partial charge on any atom is 0.337 e. The highest BCUT2D eigenvalue weighted by Crippen LogP contribution is 2.27. The van der Waals surface area contributed by atoms with E-state index in [2.05, 4.69) is 55.0 Å². The number of carbonyl (C=O) groups excluding carboxylic acids is 1. The van der Waals surface area contributed by atoms with E-state index in [0.717, 1.165) is 4.90 Å². The van der Waals surface area contributed by atoms with E-state index < -0.39 is 5.97 Å². The van der Waals surface area contributed by atoms with Crippen LogP contribution in [0.4, 0.5) is 0 Å². The molecule has 27 heavy (non-hydrogen) atoms. The summed E-state index contributed by atoms with van der Waals surface area (Å²) in [6, 6.07) is 13.2. The zero-order valence-electron chi connectivity index (χ0n) is 15.8. The van der Waals surface area contributed by atoms with Crippen LogP contribution in [0.1, 0.15) is 42.5 Å². The molecule has 1 heterocycles. The third-order valence-corrected chi connectivity index (χ3v) is 5.30. The molecule has 1 N–H and O–H groups in total. The molecule has 0 aliphatic rings. The minimum atomic E-state index is -0.450. The van der Waals surface area contributed by atoms with Gasteiger partial charge in [0, 0.05) is 4.90 Å². The number of nitrogens with zero attached hydrogens (tertiary/aromatic N) is 1. The van der Waals surface area contributed by atoms with Gasteiger partial charge in [-0.25, -0.2) is 9.78 Å². The number of methoxy groups -OCH3 is 1. The zero-order valence-corrected chi connectivity index (χ0v) is 16.6. The maximum atomic E-state index is 12.3. The number of aromatic amines is 1. The number of benzene rings is 2. The molecule has 0 saturated carbocycles. The van der Waals surface area contributed by atoms with Gasteiger partial charge in [-0.05, 0) is 41.3 Å². The molecule has 0 aliphatic heterocycles. The fourth-order valence-corrected chi connectivity index (χ4v) is 3.47. The van der Waals surface area contributed by atoms with Crippen molar-refractivity contribution in [3.63, 3.8) is 0 Å². The zero-order chi connectivity index (χ0) is 19.6. The number of thioether (sulfide) groups is 1. The van der Waals surface area contributed by atoms with Crippen LogP contribution in [0.25, 0.3) is 10.9 Å². The standard InChI is InChI=1S/C21H22N2O3S/c1-21(2,3)14-6-8-15(9-7-14)27-12-18-22-17-11-13(20(25)26-4)5-10-16(17)19(24)23-18/h5-11H,12H2,1-4H3,(H,22,23,24). The molecule has 6 heteroatoms. The number of rotatable bonds is 4. The minimum absolute atomic E-state index is 0.117. The summed E-state index contributed by atoms with van der Waals surface area (Å²) in [5, 5.41) is 0.450. The molecule has 0 spiro atoms. The van der Waals surface area contributed by atoms with E-state index >= 15 is 0 Å². The molecule has 0 fully saturated rings. The second-order valence-corrected chi connectivity index (χ2v) is 8.35. The number of hydrogen-bond acceptors (Lipinski definition) is 5. The highest BCUT2D eigenvalue weighted by atomic mass is 32.2.